The number of benzene rings is 1. The number of unbranched alkanes of at least 4 members (excludes halogenated alkanes) is 1. The summed E-state index contributed by atoms with van der Waals surface area (Å²) in [6.07, 6.45) is 4.02. The number of carbonyl (C=O) groups excluding carboxylic acids is 2. The quantitative estimate of drug-likeness (QED) is 0.482. The number of aromatic nitrogens is 2. The maximum Gasteiger partial charge on any atom is 0.323 e. The summed E-state index contributed by atoms with van der Waals surface area (Å²) < 4.78 is 12.7. The molecular weight excluding hydrogens is 388 g/mol. The zero-order chi connectivity index (χ0) is 18.6. The predicted molar refractivity (Wildman–Crippen MR) is 108 cm³/mol. The molecule has 0 amide bonds. The molecule has 0 saturated carbocycles. The number of hydrogen-bond donors (Lipinski definition) is 0. The van der Waals surface area contributed by atoms with E-state index in [0.29, 0.717) is 18.6 Å². The maximum atomic E-state index is 12.6. The van der Waals surface area contributed by atoms with E-state index in [1.165, 1.54) is 11.9 Å². The van der Waals surface area contributed by atoms with Gasteiger partial charge in [-0.05, 0) is 37.4 Å². The van der Waals surface area contributed by atoms with Gasteiger partial charge in [0.2, 0.25) is 0 Å². The van der Waals surface area contributed by atoms with Crippen LogP contribution in [-0.2, 0) is 19.1 Å². The van der Waals surface area contributed by atoms with E-state index in [9.17, 15) is 9.59 Å². The van der Waals surface area contributed by atoms with Gasteiger partial charge in [-0.1, -0.05) is 31.9 Å². The number of imidazole rings is 1. The number of para-hydroxylation sites is 2. The molecule has 0 spiro atoms. The fourth-order valence-electron chi connectivity index (χ4n) is 3.29. The highest BCUT2D eigenvalue weighted by atomic mass is 35.5. The fraction of sp³-hybridized carbons (Fsp3) is 0.526. The van der Waals surface area contributed by atoms with Gasteiger partial charge in [0, 0.05) is 6.42 Å². The molecule has 2 aromatic rings. The van der Waals surface area contributed by atoms with Crippen LogP contribution < -0.4 is 0 Å². The van der Waals surface area contributed by atoms with Crippen LogP contribution in [-0.4, -0.2) is 39.4 Å². The third kappa shape index (κ3) is 4.41. The Balaban J connectivity index is 0.00000261. The molecule has 0 N–H and O–H groups in total. The lowest BCUT2D eigenvalue weighted by molar-refractivity contribution is -0.165. The summed E-state index contributed by atoms with van der Waals surface area (Å²) in [5, 5.41) is 0. The van der Waals surface area contributed by atoms with Gasteiger partial charge in [0.1, 0.15) is 12.4 Å². The minimum Gasteiger partial charge on any atom is -0.465 e. The van der Waals surface area contributed by atoms with Crippen molar-refractivity contribution in [3.05, 3.63) is 30.6 Å². The van der Waals surface area contributed by atoms with Gasteiger partial charge in [-0.15, -0.1) is 12.4 Å². The van der Waals surface area contributed by atoms with Gasteiger partial charge < -0.3 is 9.47 Å². The van der Waals surface area contributed by atoms with Crippen LogP contribution in [0.1, 0.15) is 39.5 Å². The van der Waals surface area contributed by atoms with E-state index >= 15 is 0 Å². The van der Waals surface area contributed by atoms with E-state index in [2.05, 4.69) is 4.98 Å². The number of cyclic esters (lactones) is 1. The molecule has 2 heterocycles. The van der Waals surface area contributed by atoms with Gasteiger partial charge in [0.05, 0.1) is 23.4 Å². The maximum absolute atomic E-state index is 12.6. The van der Waals surface area contributed by atoms with Crippen molar-refractivity contribution in [1.82, 2.24) is 8.96 Å². The number of esters is 2. The fourth-order valence-corrected chi connectivity index (χ4v) is 4.21. The summed E-state index contributed by atoms with van der Waals surface area (Å²) in [5.74, 6) is -0.316. The van der Waals surface area contributed by atoms with Crippen LogP contribution in [0.4, 0.5) is 0 Å². The molecule has 148 valence electrons. The first-order chi connectivity index (χ1) is 12.6. The molecule has 3 rings (SSSR count). The number of nitrogens with zero attached hydrogens (tertiary/aromatic N) is 2. The number of rotatable bonds is 8. The van der Waals surface area contributed by atoms with E-state index in [0.717, 1.165) is 23.9 Å². The minimum absolute atomic E-state index is 0. The molecule has 2 atom stereocenters. The molecule has 6 nitrogen and oxygen atoms in total. The van der Waals surface area contributed by atoms with Crippen LogP contribution in [0, 0.1) is 5.41 Å². The first-order valence-corrected chi connectivity index (χ1v) is 9.98. The van der Waals surface area contributed by atoms with Gasteiger partial charge in [-0.25, -0.2) is 4.98 Å². The summed E-state index contributed by atoms with van der Waals surface area (Å²) in [7, 11) is 0. The first kappa shape index (κ1) is 21.6. The van der Waals surface area contributed by atoms with Crippen LogP contribution in [0.5, 0.6) is 0 Å². The number of hydrogen-bond acceptors (Lipinski definition) is 6. The lowest BCUT2D eigenvalue weighted by Crippen LogP contribution is -2.37. The lowest BCUT2D eigenvalue weighted by Gasteiger charge is -2.22. The number of ether oxygens (including phenoxy) is 2. The third-order valence-electron chi connectivity index (χ3n) is 4.68. The van der Waals surface area contributed by atoms with Crippen LogP contribution in [0.15, 0.2) is 30.6 Å². The molecule has 27 heavy (non-hydrogen) atoms. The first-order valence-electron chi connectivity index (χ1n) is 9.04. The highest BCUT2D eigenvalue weighted by Crippen LogP contribution is 2.41. The molecule has 1 saturated heterocycles. The monoisotopic (exact) mass is 412 g/mol. The topological polar surface area (TPSA) is 70.4 Å². The van der Waals surface area contributed by atoms with E-state index in [4.69, 9.17) is 9.47 Å². The normalized spacial score (nSPS) is 21.7. The molecule has 1 fully saturated rings. The van der Waals surface area contributed by atoms with Crippen LogP contribution >= 0.6 is 24.4 Å². The molecule has 1 aromatic carbocycles. The van der Waals surface area contributed by atoms with Crippen molar-refractivity contribution in [2.45, 2.75) is 45.6 Å². The van der Waals surface area contributed by atoms with Crippen molar-refractivity contribution in [2.75, 3.05) is 12.4 Å². The average Bonchev–Trinajstić information content (AvgIpc) is 3.20. The highest BCUT2D eigenvalue weighted by molar-refractivity contribution is 7.98. The van der Waals surface area contributed by atoms with Gasteiger partial charge in [-0.3, -0.25) is 13.6 Å². The van der Waals surface area contributed by atoms with Crippen molar-refractivity contribution in [2.24, 2.45) is 5.41 Å². The molecule has 1 aliphatic rings. The van der Waals surface area contributed by atoms with E-state index < -0.39 is 17.4 Å². The molecule has 0 bridgehead atoms. The molecule has 1 aliphatic heterocycles. The minimum atomic E-state index is -1.14. The Morgan fingerprint density at radius 1 is 1.41 bits per heavy atom. The Morgan fingerprint density at radius 2 is 2.19 bits per heavy atom. The standard InChI is InChI=1S/C19H24N2O4S.ClH/c1-3-5-10-19(17(22)24-4-2)11-14(25-18(19)23)12-26-21-13-20-15-8-6-7-9-16(15)21;/h6-9,13-14H,3-5,10-12H2,1-2H3;1H. The molecule has 8 heteroatoms. The van der Waals surface area contributed by atoms with Gasteiger partial charge in [0.15, 0.2) is 5.41 Å². The van der Waals surface area contributed by atoms with Crippen molar-refractivity contribution in [3.63, 3.8) is 0 Å². The summed E-state index contributed by atoms with van der Waals surface area (Å²) in [6.45, 7) is 4.06. The Kier molecular flexibility index (Phi) is 7.56. The lowest BCUT2D eigenvalue weighted by atomic mass is 9.80. The van der Waals surface area contributed by atoms with Crippen LogP contribution in [0.25, 0.3) is 11.0 Å². The Labute approximate surface area is 169 Å². The Morgan fingerprint density at radius 3 is 2.93 bits per heavy atom. The van der Waals surface area contributed by atoms with E-state index in [1.54, 1.807) is 13.3 Å². The van der Waals surface area contributed by atoms with Gasteiger partial charge >= 0.3 is 11.9 Å². The van der Waals surface area contributed by atoms with Gasteiger partial charge in [0.25, 0.3) is 0 Å². The van der Waals surface area contributed by atoms with Crippen LogP contribution in [0.2, 0.25) is 0 Å². The number of halogens is 1. The van der Waals surface area contributed by atoms with Crippen molar-refractivity contribution in [1.29, 1.82) is 0 Å². The summed E-state index contributed by atoms with van der Waals surface area (Å²) >= 11 is 1.53. The number of carbonyl (C=O) groups is 2. The average molecular weight is 413 g/mol. The Hall–Kier alpha value is -1.73. The number of fused-ring (bicyclic) bond motifs is 1. The van der Waals surface area contributed by atoms with Crippen molar-refractivity contribution >= 4 is 47.3 Å². The van der Waals surface area contributed by atoms with Gasteiger partial charge in [-0.2, -0.15) is 0 Å². The second-order valence-corrected chi connectivity index (χ2v) is 7.48. The second kappa shape index (κ2) is 9.46. The largest absolute Gasteiger partial charge is 0.465 e. The van der Waals surface area contributed by atoms with Crippen molar-refractivity contribution < 1.29 is 19.1 Å². The predicted octanol–water partition coefficient (Wildman–Crippen LogP) is 4.01. The van der Waals surface area contributed by atoms with Crippen molar-refractivity contribution in [3.8, 4) is 0 Å². The molecule has 0 radical (unpaired) electrons. The Bertz CT molecular complexity index is 797. The molecule has 1 aromatic heterocycles. The van der Waals surface area contributed by atoms with Crippen LogP contribution in [0.3, 0.4) is 0 Å². The molecule has 0 aliphatic carbocycles. The molecule has 2 unspecified atom stereocenters. The summed E-state index contributed by atoms with van der Waals surface area (Å²) in [5.41, 5.74) is 0.797. The van der Waals surface area contributed by atoms with E-state index in [-0.39, 0.29) is 25.1 Å². The third-order valence-corrected chi connectivity index (χ3v) is 5.77. The zero-order valence-corrected chi connectivity index (χ0v) is 17.2. The smallest absolute Gasteiger partial charge is 0.323 e. The SMILES string of the molecule is CCCCC1(C(=O)OCC)CC(CSn2cnc3ccccc32)OC1=O.Cl. The summed E-state index contributed by atoms with van der Waals surface area (Å²) in [6, 6.07) is 7.87. The highest BCUT2D eigenvalue weighted by Gasteiger charge is 2.55. The summed E-state index contributed by atoms with van der Waals surface area (Å²) in [4.78, 5) is 29.4. The molecular formula is C19H25ClN2O4S. The van der Waals surface area contributed by atoms with E-state index in [1.807, 2.05) is 35.2 Å². The zero-order valence-electron chi connectivity index (χ0n) is 15.6. The second-order valence-electron chi connectivity index (χ2n) is 6.49.